The van der Waals surface area contributed by atoms with Gasteiger partial charge in [0.15, 0.2) is 0 Å². The zero-order valence-electron chi connectivity index (χ0n) is 21.4. The van der Waals surface area contributed by atoms with Crippen molar-refractivity contribution in [1.29, 1.82) is 0 Å². The van der Waals surface area contributed by atoms with Gasteiger partial charge in [0.05, 0.1) is 0 Å². The first kappa shape index (κ1) is 23.7. The standard InChI is InChI=1S/C31H40N4O/c36-31(34-19-17-33(18-20-34)28-10-4-5-11-28)26-12-13-29-25(22-26)14-16-35(29)30(27-9-6-15-32-23-27)21-24-7-2-1-3-8-24/h1-3,7-8,12-14,16,22,27-28,30,32H,4-6,9-11,15,17-21,23H2. The van der Waals surface area contributed by atoms with Crippen molar-refractivity contribution in [2.75, 3.05) is 39.3 Å². The second kappa shape index (κ2) is 10.8. The van der Waals surface area contributed by atoms with Crippen molar-refractivity contribution in [3.63, 3.8) is 0 Å². The van der Waals surface area contributed by atoms with E-state index in [9.17, 15) is 4.79 Å². The normalized spacial score (nSPS) is 22.8. The van der Waals surface area contributed by atoms with E-state index in [1.54, 1.807) is 0 Å². The van der Waals surface area contributed by atoms with Crippen LogP contribution in [0.5, 0.6) is 0 Å². The molecule has 3 fully saturated rings. The van der Waals surface area contributed by atoms with Gasteiger partial charge in [-0.1, -0.05) is 43.2 Å². The maximum atomic E-state index is 13.4. The summed E-state index contributed by atoms with van der Waals surface area (Å²) in [5.41, 5.74) is 3.45. The summed E-state index contributed by atoms with van der Waals surface area (Å²) in [6.45, 7) is 5.93. The molecule has 3 heterocycles. The molecule has 5 heteroatoms. The fourth-order valence-electron chi connectivity index (χ4n) is 6.88. The van der Waals surface area contributed by atoms with Crippen LogP contribution >= 0.6 is 0 Å². The minimum Gasteiger partial charge on any atom is -0.344 e. The van der Waals surface area contributed by atoms with Gasteiger partial charge in [0.1, 0.15) is 0 Å². The molecule has 0 spiro atoms. The van der Waals surface area contributed by atoms with Crippen LogP contribution in [0, 0.1) is 5.92 Å². The molecule has 36 heavy (non-hydrogen) atoms. The lowest BCUT2D eigenvalue weighted by Crippen LogP contribution is -2.51. The smallest absolute Gasteiger partial charge is 0.253 e. The van der Waals surface area contributed by atoms with Crippen LogP contribution in [0.25, 0.3) is 10.9 Å². The third kappa shape index (κ3) is 4.96. The molecule has 6 rings (SSSR count). The first-order valence-electron chi connectivity index (χ1n) is 14.1. The summed E-state index contributed by atoms with van der Waals surface area (Å²) in [7, 11) is 0. The van der Waals surface area contributed by atoms with Crippen LogP contribution in [0.3, 0.4) is 0 Å². The molecular formula is C31H40N4O. The Morgan fingerprint density at radius 2 is 1.72 bits per heavy atom. The fraction of sp³-hybridized carbons (Fsp3) is 0.516. The molecule has 190 valence electrons. The molecule has 3 aliphatic rings. The SMILES string of the molecule is O=C(c1ccc2c(ccn2C(Cc2ccccc2)C2CCCNC2)c1)N1CCN(C2CCCC2)CC1. The van der Waals surface area contributed by atoms with E-state index in [1.165, 1.54) is 55.0 Å². The quantitative estimate of drug-likeness (QED) is 0.528. The highest BCUT2D eigenvalue weighted by molar-refractivity contribution is 5.98. The van der Waals surface area contributed by atoms with Crippen LogP contribution in [-0.2, 0) is 6.42 Å². The molecule has 1 aromatic heterocycles. The predicted octanol–water partition coefficient (Wildman–Crippen LogP) is 5.13. The second-order valence-electron chi connectivity index (χ2n) is 11.1. The fourth-order valence-corrected chi connectivity index (χ4v) is 6.88. The Hall–Kier alpha value is -2.63. The number of benzene rings is 2. The van der Waals surface area contributed by atoms with Gasteiger partial charge in [-0.25, -0.2) is 0 Å². The molecule has 0 bridgehead atoms. The summed E-state index contributed by atoms with van der Waals surface area (Å²) < 4.78 is 2.48. The number of aromatic nitrogens is 1. The van der Waals surface area contributed by atoms with Gasteiger partial charge >= 0.3 is 0 Å². The van der Waals surface area contributed by atoms with Crippen molar-refractivity contribution in [2.45, 2.75) is 57.0 Å². The van der Waals surface area contributed by atoms with Gasteiger partial charge in [0.25, 0.3) is 5.91 Å². The molecule has 5 nitrogen and oxygen atoms in total. The van der Waals surface area contributed by atoms with Gasteiger partial charge < -0.3 is 14.8 Å². The Bertz CT molecular complexity index is 1150. The number of nitrogens with one attached hydrogen (secondary N) is 1. The van der Waals surface area contributed by atoms with Crippen molar-refractivity contribution in [3.05, 3.63) is 71.9 Å². The minimum atomic E-state index is 0.188. The highest BCUT2D eigenvalue weighted by atomic mass is 16.2. The maximum absolute atomic E-state index is 13.4. The highest BCUT2D eigenvalue weighted by Crippen LogP contribution is 2.32. The van der Waals surface area contributed by atoms with E-state index >= 15 is 0 Å². The first-order chi connectivity index (χ1) is 17.8. The lowest BCUT2D eigenvalue weighted by molar-refractivity contribution is 0.0573. The number of piperazine rings is 1. The van der Waals surface area contributed by atoms with E-state index in [2.05, 4.69) is 80.5 Å². The lowest BCUT2D eigenvalue weighted by atomic mass is 9.87. The zero-order valence-corrected chi connectivity index (χ0v) is 21.4. The highest BCUT2D eigenvalue weighted by Gasteiger charge is 2.29. The van der Waals surface area contributed by atoms with Gasteiger partial charge in [-0.2, -0.15) is 0 Å². The van der Waals surface area contributed by atoms with E-state index in [0.717, 1.165) is 57.3 Å². The number of nitrogens with zero attached hydrogens (tertiary/aromatic N) is 3. The number of carbonyl (C=O) groups is 1. The number of rotatable bonds is 6. The number of piperidine rings is 1. The minimum absolute atomic E-state index is 0.188. The Balaban J connectivity index is 1.20. The summed E-state index contributed by atoms with van der Waals surface area (Å²) in [4.78, 5) is 18.1. The van der Waals surface area contributed by atoms with E-state index in [1.807, 2.05) is 0 Å². The zero-order chi connectivity index (χ0) is 24.3. The molecule has 3 aromatic rings. The molecule has 2 saturated heterocycles. The van der Waals surface area contributed by atoms with E-state index in [0.29, 0.717) is 12.0 Å². The summed E-state index contributed by atoms with van der Waals surface area (Å²) in [5, 5.41) is 4.80. The molecular weight excluding hydrogens is 444 g/mol. The molecule has 1 saturated carbocycles. The summed E-state index contributed by atoms with van der Waals surface area (Å²) in [5.74, 6) is 0.792. The van der Waals surface area contributed by atoms with Crippen LogP contribution in [0.1, 0.15) is 60.5 Å². The Morgan fingerprint density at radius 3 is 2.47 bits per heavy atom. The average Bonchev–Trinajstić information content (AvgIpc) is 3.63. The molecule has 2 aliphatic heterocycles. The van der Waals surface area contributed by atoms with Crippen molar-refractivity contribution in [2.24, 2.45) is 5.92 Å². The van der Waals surface area contributed by atoms with Gasteiger partial charge in [-0.15, -0.1) is 0 Å². The summed E-state index contributed by atoms with van der Waals surface area (Å²) >= 11 is 0. The Kier molecular flexibility index (Phi) is 7.11. The topological polar surface area (TPSA) is 40.5 Å². The van der Waals surface area contributed by atoms with E-state index in [4.69, 9.17) is 0 Å². The average molecular weight is 485 g/mol. The Labute approximate surface area is 215 Å². The maximum Gasteiger partial charge on any atom is 0.253 e. The molecule has 1 N–H and O–H groups in total. The number of hydrogen-bond donors (Lipinski definition) is 1. The second-order valence-corrected chi connectivity index (χ2v) is 11.1. The molecule has 2 aromatic carbocycles. The number of hydrogen-bond acceptors (Lipinski definition) is 3. The third-order valence-corrected chi connectivity index (χ3v) is 8.93. The molecule has 2 unspecified atom stereocenters. The van der Waals surface area contributed by atoms with Crippen LogP contribution in [0.2, 0.25) is 0 Å². The van der Waals surface area contributed by atoms with E-state index in [-0.39, 0.29) is 5.91 Å². The summed E-state index contributed by atoms with van der Waals surface area (Å²) in [6, 6.07) is 20.6. The molecule has 1 amide bonds. The van der Waals surface area contributed by atoms with Crippen molar-refractivity contribution in [1.82, 2.24) is 19.7 Å². The largest absolute Gasteiger partial charge is 0.344 e. The number of fused-ring (bicyclic) bond motifs is 1. The Morgan fingerprint density at radius 1 is 0.917 bits per heavy atom. The van der Waals surface area contributed by atoms with Crippen LogP contribution in [0.4, 0.5) is 0 Å². The van der Waals surface area contributed by atoms with Crippen LogP contribution < -0.4 is 5.32 Å². The number of amides is 1. The van der Waals surface area contributed by atoms with Crippen molar-refractivity contribution in [3.8, 4) is 0 Å². The lowest BCUT2D eigenvalue weighted by Gasteiger charge is -2.38. The predicted molar refractivity (Wildman–Crippen MR) is 146 cm³/mol. The summed E-state index contributed by atoms with van der Waals surface area (Å²) in [6.07, 6.45) is 11.2. The molecule has 0 radical (unpaired) electrons. The van der Waals surface area contributed by atoms with Crippen LogP contribution in [-0.4, -0.2) is 65.6 Å². The van der Waals surface area contributed by atoms with Crippen molar-refractivity contribution < 1.29 is 4.79 Å². The monoisotopic (exact) mass is 484 g/mol. The van der Waals surface area contributed by atoms with E-state index < -0.39 is 0 Å². The van der Waals surface area contributed by atoms with Crippen LogP contribution in [0.15, 0.2) is 60.8 Å². The molecule has 1 aliphatic carbocycles. The van der Waals surface area contributed by atoms with Gasteiger partial charge in [-0.3, -0.25) is 9.69 Å². The van der Waals surface area contributed by atoms with Crippen molar-refractivity contribution >= 4 is 16.8 Å². The third-order valence-electron chi connectivity index (χ3n) is 8.93. The number of carbonyl (C=O) groups excluding carboxylic acids is 1. The first-order valence-corrected chi connectivity index (χ1v) is 14.1. The molecule has 2 atom stereocenters. The van der Waals surface area contributed by atoms with Gasteiger partial charge in [-0.05, 0) is 80.9 Å². The van der Waals surface area contributed by atoms with Gasteiger partial charge in [0.2, 0.25) is 0 Å². The van der Waals surface area contributed by atoms with Gasteiger partial charge in [0, 0.05) is 60.9 Å².